The van der Waals surface area contributed by atoms with Crippen LogP contribution < -0.4 is 5.32 Å². The summed E-state index contributed by atoms with van der Waals surface area (Å²) in [7, 11) is 2.66. The molecule has 1 atom stereocenters. The fraction of sp³-hybridized carbons (Fsp3) is 0.263. The molecular formula is C19H20F2N2O4. The van der Waals surface area contributed by atoms with E-state index < -0.39 is 29.7 Å². The SMILES string of the molecule is CON(C)C(=O)[C@@H](Cc1ccc(F)c(F)c1)NC(=O)OCc1ccccc1. The molecule has 0 aliphatic carbocycles. The average molecular weight is 378 g/mol. The Morgan fingerprint density at radius 1 is 1.07 bits per heavy atom. The first-order chi connectivity index (χ1) is 12.9. The normalized spacial score (nSPS) is 11.6. The van der Waals surface area contributed by atoms with Crippen LogP contribution in [0.25, 0.3) is 0 Å². The maximum absolute atomic E-state index is 13.4. The lowest BCUT2D eigenvalue weighted by atomic mass is 10.0. The second kappa shape index (κ2) is 9.63. The van der Waals surface area contributed by atoms with Crippen molar-refractivity contribution >= 4 is 12.0 Å². The molecule has 0 aliphatic rings. The molecule has 2 rings (SSSR count). The second-order valence-corrected chi connectivity index (χ2v) is 5.73. The van der Waals surface area contributed by atoms with Gasteiger partial charge in [-0.05, 0) is 23.3 Å². The molecule has 0 spiro atoms. The summed E-state index contributed by atoms with van der Waals surface area (Å²) in [5.41, 5.74) is 1.12. The molecule has 144 valence electrons. The Hall–Kier alpha value is -3.00. The topological polar surface area (TPSA) is 67.9 Å². The highest BCUT2D eigenvalue weighted by Gasteiger charge is 2.25. The van der Waals surface area contributed by atoms with Crippen LogP contribution in [0.3, 0.4) is 0 Å². The largest absolute Gasteiger partial charge is 0.445 e. The number of carbonyl (C=O) groups excluding carboxylic acids is 2. The standard InChI is InChI=1S/C19H20F2N2O4/c1-23(26-2)18(24)17(11-14-8-9-15(20)16(21)10-14)22-19(25)27-12-13-6-4-3-5-7-13/h3-10,17H,11-12H2,1-2H3,(H,22,25)/t17-/m1/s1. The van der Waals surface area contributed by atoms with E-state index >= 15 is 0 Å². The third-order valence-electron chi connectivity index (χ3n) is 3.81. The first-order valence-electron chi connectivity index (χ1n) is 8.13. The molecule has 0 heterocycles. The number of carbonyl (C=O) groups is 2. The molecule has 0 radical (unpaired) electrons. The monoisotopic (exact) mass is 378 g/mol. The summed E-state index contributed by atoms with van der Waals surface area (Å²) in [6.07, 6.45) is -0.881. The number of likely N-dealkylation sites (N-methyl/N-ethyl adjacent to an activating group) is 1. The van der Waals surface area contributed by atoms with Crippen LogP contribution >= 0.6 is 0 Å². The molecule has 1 N–H and O–H groups in total. The smallest absolute Gasteiger partial charge is 0.408 e. The van der Waals surface area contributed by atoms with Crippen LogP contribution in [0.5, 0.6) is 0 Å². The van der Waals surface area contributed by atoms with Crippen molar-refractivity contribution in [1.82, 2.24) is 10.4 Å². The molecule has 6 nitrogen and oxygen atoms in total. The highest BCUT2D eigenvalue weighted by molar-refractivity contribution is 5.85. The fourth-order valence-corrected chi connectivity index (χ4v) is 2.32. The quantitative estimate of drug-likeness (QED) is 0.753. The minimum Gasteiger partial charge on any atom is -0.445 e. The summed E-state index contributed by atoms with van der Waals surface area (Å²) in [4.78, 5) is 29.3. The van der Waals surface area contributed by atoms with Gasteiger partial charge in [0.25, 0.3) is 5.91 Å². The summed E-state index contributed by atoms with van der Waals surface area (Å²) >= 11 is 0. The minimum atomic E-state index is -1.08. The van der Waals surface area contributed by atoms with Crippen LogP contribution in [0.15, 0.2) is 48.5 Å². The van der Waals surface area contributed by atoms with Crippen LogP contribution in [-0.4, -0.2) is 37.3 Å². The van der Waals surface area contributed by atoms with Gasteiger partial charge in [0.2, 0.25) is 0 Å². The molecule has 0 aromatic heterocycles. The highest BCUT2D eigenvalue weighted by Crippen LogP contribution is 2.12. The Balaban J connectivity index is 2.05. The van der Waals surface area contributed by atoms with E-state index in [1.54, 1.807) is 24.3 Å². The number of nitrogens with zero attached hydrogens (tertiary/aromatic N) is 1. The van der Waals surface area contributed by atoms with E-state index in [0.29, 0.717) is 5.56 Å². The molecule has 27 heavy (non-hydrogen) atoms. The van der Waals surface area contributed by atoms with Gasteiger partial charge in [0.05, 0.1) is 7.11 Å². The summed E-state index contributed by atoms with van der Waals surface area (Å²) in [6.45, 7) is 0.0267. The van der Waals surface area contributed by atoms with E-state index in [4.69, 9.17) is 9.57 Å². The molecule has 0 aliphatic heterocycles. The zero-order valence-electron chi connectivity index (χ0n) is 14.9. The first kappa shape index (κ1) is 20.3. The molecule has 0 fully saturated rings. The van der Waals surface area contributed by atoms with Gasteiger partial charge in [-0.3, -0.25) is 9.63 Å². The lowest BCUT2D eigenvalue weighted by molar-refractivity contribution is -0.170. The molecule has 8 heteroatoms. The Morgan fingerprint density at radius 2 is 1.78 bits per heavy atom. The van der Waals surface area contributed by atoms with Gasteiger partial charge in [-0.15, -0.1) is 0 Å². The third kappa shape index (κ3) is 6.03. The van der Waals surface area contributed by atoms with Crippen molar-refractivity contribution in [3.05, 3.63) is 71.3 Å². The Bertz CT molecular complexity index is 787. The van der Waals surface area contributed by atoms with Gasteiger partial charge in [0, 0.05) is 13.5 Å². The molecule has 0 unspecified atom stereocenters. The van der Waals surface area contributed by atoms with E-state index in [1.807, 2.05) is 6.07 Å². The summed E-state index contributed by atoms with van der Waals surface area (Å²) in [6, 6.07) is 11.2. The second-order valence-electron chi connectivity index (χ2n) is 5.73. The number of amides is 2. The van der Waals surface area contributed by atoms with Crippen molar-refractivity contribution in [2.75, 3.05) is 14.2 Å². The predicted molar refractivity (Wildman–Crippen MR) is 93.4 cm³/mol. The van der Waals surface area contributed by atoms with E-state index in [-0.39, 0.29) is 13.0 Å². The Morgan fingerprint density at radius 3 is 2.41 bits per heavy atom. The Kier molecular flexibility index (Phi) is 7.25. The van der Waals surface area contributed by atoms with Crippen molar-refractivity contribution in [1.29, 1.82) is 0 Å². The number of hydrogen-bond donors (Lipinski definition) is 1. The van der Waals surface area contributed by atoms with Crippen LogP contribution in [-0.2, 0) is 27.4 Å². The number of benzene rings is 2. The van der Waals surface area contributed by atoms with Gasteiger partial charge in [0.15, 0.2) is 11.6 Å². The van der Waals surface area contributed by atoms with Gasteiger partial charge in [0.1, 0.15) is 12.6 Å². The van der Waals surface area contributed by atoms with Gasteiger partial charge in [-0.2, -0.15) is 0 Å². The molecule has 0 saturated carbocycles. The zero-order chi connectivity index (χ0) is 19.8. The number of hydrogen-bond acceptors (Lipinski definition) is 4. The van der Waals surface area contributed by atoms with Crippen molar-refractivity contribution in [2.24, 2.45) is 0 Å². The molecule has 0 bridgehead atoms. The third-order valence-corrected chi connectivity index (χ3v) is 3.81. The number of rotatable bonds is 7. The average Bonchev–Trinajstić information content (AvgIpc) is 2.68. The van der Waals surface area contributed by atoms with Crippen LogP contribution in [0.4, 0.5) is 13.6 Å². The van der Waals surface area contributed by atoms with Crippen LogP contribution in [0, 0.1) is 11.6 Å². The van der Waals surface area contributed by atoms with Crippen molar-refractivity contribution in [3.63, 3.8) is 0 Å². The van der Waals surface area contributed by atoms with Crippen LogP contribution in [0.1, 0.15) is 11.1 Å². The maximum atomic E-state index is 13.4. The summed E-state index contributed by atoms with van der Waals surface area (Å²) < 4.78 is 31.6. The van der Waals surface area contributed by atoms with Gasteiger partial charge in [-0.1, -0.05) is 36.4 Å². The summed E-state index contributed by atoms with van der Waals surface area (Å²) in [5, 5.41) is 3.37. The van der Waals surface area contributed by atoms with Crippen LogP contribution in [0.2, 0.25) is 0 Å². The predicted octanol–water partition coefficient (Wildman–Crippen LogP) is 2.82. The van der Waals surface area contributed by atoms with Crippen molar-refractivity contribution in [3.8, 4) is 0 Å². The molecule has 2 aromatic carbocycles. The van der Waals surface area contributed by atoms with E-state index in [9.17, 15) is 18.4 Å². The van der Waals surface area contributed by atoms with Gasteiger partial charge >= 0.3 is 6.09 Å². The molecule has 2 amide bonds. The van der Waals surface area contributed by atoms with Crippen molar-refractivity contribution in [2.45, 2.75) is 19.1 Å². The number of alkyl carbamates (subject to hydrolysis) is 1. The van der Waals surface area contributed by atoms with Gasteiger partial charge < -0.3 is 10.1 Å². The zero-order valence-corrected chi connectivity index (χ0v) is 14.9. The maximum Gasteiger partial charge on any atom is 0.408 e. The number of hydroxylamine groups is 2. The number of halogens is 2. The van der Waals surface area contributed by atoms with E-state index in [0.717, 1.165) is 22.8 Å². The minimum absolute atomic E-state index is 0.0267. The van der Waals surface area contributed by atoms with E-state index in [1.165, 1.54) is 20.2 Å². The van der Waals surface area contributed by atoms with E-state index in [2.05, 4.69) is 5.32 Å². The highest BCUT2D eigenvalue weighted by atomic mass is 19.2. The van der Waals surface area contributed by atoms with Gasteiger partial charge in [-0.25, -0.2) is 18.6 Å². The number of ether oxygens (including phenoxy) is 1. The molecule has 2 aromatic rings. The number of nitrogens with one attached hydrogen (secondary N) is 1. The first-order valence-corrected chi connectivity index (χ1v) is 8.13. The van der Waals surface area contributed by atoms with Crippen molar-refractivity contribution < 1.29 is 27.9 Å². The lowest BCUT2D eigenvalue weighted by Crippen LogP contribution is -2.48. The fourth-order valence-electron chi connectivity index (χ4n) is 2.32. The lowest BCUT2D eigenvalue weighted by Gasteiger charge is -2.22. The molecular weight excluding hydrogens is 358 g/mol. The Labute approximate surface area is 155 Å². The summed E-state index contributed by atoms with van der Waals surface area (Å²) in [5.74, 6) is -2.60. The molecule has 0 saturated heterocycles.